The predicted octanol–water partition coefficient (Wildman–Crippen LogP) is 2.69. The largest absolute Gasteiger partial charge is 0.573 e. The molecule has 0 aliphatic heterocycles. The number of halogens is 3. The molecule has 0 atom stereocenters. The van der Waals surface area contributed by atoms with Crippen LogP contribution in [0.25, 0.3) is 0 Å². The van der Waals surface area contributed by atoms with Gasteiger partial charge >= 0.3 is 6.36 Å². The minimum absolute atomic E-state index is 0.205. The molecule has 0 saturated heterocycles. The molecule has 0 bridgehead atoms. The number of likely N-dealkylation sites (N-methyl/N-ethyl adjacent to an activating group) is 1. The highest BCUT2D eigenvalue weighted by Gasteiger charge is 2.30. The fourth-order valence-electron chi connectivity index (χ4n) is 1.41. The summed E-state index contributed by atoms with van der Waals surface area (Å²) in [7, 11) is 1.89. The van der Waals surface area contributed by atoms with Crippen LogP contribution in [0.5, 0.6) is 5.75 Å². The Balaban J connectivity index is 2.48. The summed E-state index contributed by atoms with van der Waals surface area (Å²) in [5, 5.41) is 0. The van der Waals surface area contributed by atoms with Crippen LogP contribution in [0.1, 0.15) is 5.56 Å². The van der Waals surface area contributed by atoms with Crippen LogP contribution < -0.4 is 4.74 Å². The van der Waals surface area contributed by atoms with E-state index in [0.717, 1.165) is 18.5 Å². The first-order valence-corrected chi connectivity index (χ1v) is 5.37. The molecule has 1 aromatic rings. The third-order valence-corrected chi connectivity index (χ3v) is 2.30. The predicted molar refractivity (Wildman–Crippen MR) is 63.2 cm³/mol. The SMILES string of the molecule is C#CCN(C)CCc1ccc(OC(F)(F)F)cc1. The lowest BCUT2D eigenvalue weighted by atomic mass is 10.1. The molecular weight excluding hydrogens is 243 g/mol. The fraction of sp³-hybridized carbons (Fsp3) is 0.385. The summed E-state index contributed by atoms with van der Waals surface area (Å²) in [5.41, 5.74) is 0.938. The summed E-state index contributed by atoms with van der Waals surface area (Å²) >= 11 is 0. The first kappa shape index (κ1) is 14.4. The van der Waals surface area contributed by atoms with Gasteiger partial charge in [0.15, 0.2) is 0 Å². The lowest BCUT2D eigenvalue weighted by molar-refractivity contribution is -0.274. The monoisotopic (exact) mass is 257 g/mol. The Morgan fingerprint density at radius 2 is 1.89 bits per heavy atom. The zero-order valence-corrected chi connectivity index (χ0v) is 10.00. The van der Waals surface area contributed by atoms with Gasteiger partial charge in [-0.3, -0.25) is 4.90 Å². The van der Waals surface area contributed by atoms with Crippen LogP contribution in [0.3, 0.4) is 0 Å². The van der Waals surface area contributed by atoms with Gasteiger partial charge in [-0.25, -0.2) is 0 Å². The topological polar surface area (TPSA) is 12.5 Å². The maximum absolute atomic E-state index is 11.9. The average molecular weight is 257 g/mol. The minimum atomic E-state index is -4.64. The van der Waals surface area contributed by atoms with Crippen LogP contribution in [-0.2, 0) is 6.42 Å². The van der Waals surface area contributed by atoms with Crippen LogP contribution in [0, 0.1) is 12.3 Å². The summed E-state index contributed by atoms with van der Waals surface area (Å²) in [6.07, 6.45) is 1.24. The summed E-state index contributed by atoms with van der Waals surface area (Å²) in [4.78, 5) is 1.96. The molecule has 0 N–H and O–H groups in total. The van der Waals surface area contributed by atoms with Gasteiger partial charge in [0.05, 0.1) is 6.54 Å². The van der Waals surface area contributed by atoms with Crippen molar-refractivity contribution >= 4 is 0 Å². The number of hydrogen-bond donors (Lipinski definition) is 0. The van der Waals surface area contributed by atoms with Crippen molar-refractivity contribution in [3.8, 4) is 18.1 Å². The summed E-state index contributed by atoms with van der Waals surface area (Å²) in [5.74, 6) is 2.31. The second kappa shape index (κ2) is 6.31. The molecule has 0 saturated carbocycles. The van der Waals surface area contributed by atoms with Crippen molar-refractivity contribution in [1.29, 1.82) is 0 Å². The third kappa shape index (κ3) is 5.60. The average Bonchev–Trinajstić information content (AvgIpc) is 2.26. The van der Waals surface area contributed by atoms with E-state index in [9.17, 15) is 13.2 Å². The van der Waals surface area contributed by atoms with Crippen molar-refractivity contribution in [2.75, 3.05) is 20.1 Å². The van der Waals surface area contributed by atoms with Gasteiger partial charge < -0.3 is 4.74 Å². The smallest absolute Gasteiger partial charge is 0.406 e. The number of nitrogens with zero attached hydrogens (tertiary/aromatic N) is 1. The van der Waals surface area contributed by atoms with Crippen molar-refractivity contribution < 1.29 is 17.9 Å². The second-order valence-electron chi connectivity index (χ2n) is 3.88. The van der Waals surface area contributed by atoms with E-state index < -0.39 is 6.36 Å². The van der Waals surface area contributed by atoms with Crippen molar-refractivity contribution in [3.05, 3.63) is 29.8 Å². The number of alkyl halides is 3. The molecule has 1 rings (SSSR count). The van der Waals surface area contributed by atoms with Gasteiger partial charge in [0.25, 0.3) is 0 Å². The van der Waals surface area contributed by atoms with E-state index in [4.69, 9.17) is 6.42 Å². The van der Waals surface area contributed by atoms with E-state index >= 15 is 0 Å². The van der Waals surface area contributed by atoms with Crippen LogP contribution in [0.15, 0.2) is 24.3 Å². The van der Waals surface area contributed by atoms with Crippen LogP contribution in [0.2, 0.25) is 0 Å². The van der Waals surface area contributed by atoms with Crippen molar-refractivity contribution in [1.82, 2.24) is 4.90 Å². The van der Waals surface area contributed by atoms with Gasteiger partial charge in [0, 0.05) is 6.54 Å². The highest BCUT2D eigenvalue weighted by Crippen LogP contribution is 2.22. The van der Waals surface area contributed by atoms with Crippen molar-refractivity contribution in [2.24, 2.45) is 0 Å². The Morgan fingerprint density at radius 1 is 1.28 bits per heavy atom. The molecule has 0 amide bonds. The lowest BCUT2D eigenvalue weighted by Gasteiger charge is -2.13. The fourth-order valence-corrected chi connectivity index (χ4v) is 1.41. The molecule has 5 heteroatoms. The third-order valence-electron chi connectivity index (χ3n) is 2.30. The summed E-state index contributed by atoms with van der Waals surface area (Å²) in [6.45, 7) is 1.30. The molecule has 1 aromatic carbocycles. The van der Waals surface area contributed by atoms with Gasteiger partial charge in [0.2, 0.25) is 0 Å². The van der Waals surface area contributed by atoms with E-state index in [1.54, 1.807) is 12.1 Å². The van der Waals surface area contributed by atoms with Gasteiger partial charge in [-0.2, -0.15) is 0 Å². The van der Waals surface area contributed by atoms with Gasteiger partial charge in [0.1, 0.15) is 5.75 Å². The zero-order chi connectivity index (χ0) is 13.6. The normalized spacial score (nSPS) is 11.3. The number of terminal acetylenes is 1. The molecule has 0 unspecified atom stereocenters. The lowest BCUT2D eigenvalue weighted by Crippen LogP contribution is -2.21. The number of benzene rings is 1. The Kier molecular flexibility index (Phi) is 5.05. The molecule has 0 aliphatic rings. The zero-order valence-electron chi connectivity index (χ0n) is 10.00. The number of rotatable bonds is 5. The van der Waals surface area contributed by atoms with Gasteiger partial charge in [-0.05, 0) is 31.2 Å². The Labute approximate surface area is 104 Å². The highest BCUT2D eigenvalue weighted by molar-refractivity contribution is 5.27. The molecule has 18 heavy (non-hydrogen) atoms. The quantitative estimate of drug-likeness (QED) is 0.752. The Bertz CT molecular complexity index is 406. The highest BCUT2D eigenvalue weighted by atomic mass is 19.4. The van der Waals surface area contributed by atoms with Crippen LogP contribution >= 0.6 is 0 Å². The van der Waals surface area contributed by atoms with Crippen LogP contribution in [-0.4, -0.2) is 31.4 Å². The Morgan fingerprint density at radius 3 is 2.39 bits per heavy atom. The van der Waals surface area contributed by atoms with Gasteiger partial charge in [-0.15, -0.1) is 19.6 Å². The summed E-state index contributed by atoms with van der Waals surface area (Å²) < 4.78 is 39.6. The number of ether oxygens (including phenoxy) is 1. The summed E-state index contributed by atoms with van der Waals surface area (Å²) in [6, 6.07) is 5.85. The molecular formula is C13H14F3NO. The molecule has 0 aliphatic carbocycles. The second-order valence-corrected chi connectivity index (χ2v) is 3.88. The number of hydrogen-bond acceptors (Lipinski definition) is 2. The van der Waals surface area contributed by atoms with E-state index in [1.807, 2.05) is 11.9 Å². The van der Waals surface area contributed by atoms with Crippen LogP contribution in [0.4, 0.5) is 13.2 Å². The van der Waals surface area contributed by atoms with Crippen molar-refractivity contribution in [3.63, 3.8) is 0 Å². The maximum Gasteiger partial charge on any atom is 0.573 e. The van der Waals surface area contributed by atoms with E-state index in [2.05, 4.69) is 10.7 Å². The first-order valence-electron chi connectivity index (χ1n) is 5.37. The first-order chi connectivity index (χ1) is 8.40. The molecule has 98 valence electrons. The molecule has 0 heterocycles. The minimum Gasteiger partial charge on any atom is -0.406 e. The van der Waals surface area contributed by atoms with E-state index in [-0.39, 0.29) is 5.75 Å². The van der Waals surface area contributed by atoms with E-state index in [1.165, 1.54) is 12.1 Å². The van der Waals surface area contributed by atoms with E-state index in [0.29, 0.717) is 6.54 Å². The molecule has 0 aromatic heterocycles. The molecule has 0 spiro atoms. The maximum atomic E-state index is 11.9. The Hall–Kier alpha value is -1.67. The standard InChI is InChI=1S/C13H14F3NO/c1-3-9-17(2)10-8-11-4-6-12(7-5-11)18-13(14,15)16/h1,4-7H,8-10H2,2H3. The molecule has 0 radical (unpaired) electrons. The molecule has 0 fully saturated rings. The van der Waals surface area contributed by atoms with Crippen molar-refractivity contribution in [2.45, 2.75) is 12.8 Å². The molecule has 2 nitrogen and oxygen atoms in total. The van der Waals surface area contributed by atoms with Gasteiger partial charge in [-0.1, -0.05) is 18.1 Å².